The first-order chi connectivity index (χ1) is 12.9. The largest absolute Gasteiger partial charge is 0.370 e. The number of aromatic nitrogens is 1. The van der Waals surface area contributed by atoms with Gasteiger partial charge in [-0.25, -0.2) is 13.4 Å². The van der Waals surface area contributed by atoms with E-state index in [1.54, 1.807) is 22.6 Å². The second-order valence-corrected chi connectivity index (χ2v) is 9.55. The predicted molar refractivity (Wildman–Crippen MR) is 109 cm³/mol. The predicted octanol–water partition coefficient (Wildman–Crippen LogP) is 4.37. The Bertz CT molecular complexity index is 863. The molecule has 0 aliphatic carbocycles. The summed E-state index contributed by atoms with van der Waals surface area (Å²) < 4.78 is 28.4. The van der Waals surface area contributed by atoms with Crippen molar-refractivity contribution in [3.8, 4) is 0 Å². The SMILES string of the molecule is Cc1ccc(S(=O)(=O)N2CCCCC2c2cccnc2NCC(C)C)cc1. The number of pyridine rings is 1. The molecular formula is C21H29N3O2S. The van der Waals surface area contributed by atoms with Crippen LogP contribution in [-0.4, -0.2) is 30.8 Å². The molecule has 27 heavy (non-hydrogen) atoms. The van der Waals surface area contributed by atoms with E-state index in [2.05, 4.69) is 24.1 Å². The van der Waals surface area contributed by atoms with Gasteiger partial charge in [-0.15, -0.1) is 0 Å². The van der Waals surface area contributed by atoms with Crippen molar-refractivity contribution < 1.29 is 8.42 Å². The van der Waals surface area contributed by atoms with Crippen LogP contribution in [0.1, 0.15) is 50.3 Å². The Balaban J connectivity index is 1.96. The number of anilines is 1. The van der Waals surface area contributed by atoms with Crippen molar-refractivity contribution in [3.63, 3.8) is 0 Å². The van der Waals surface area contributed by atoms with Crippen LogP contribution in [-0.2, 0) is 10.0 Å². The van der Waals surface area contributed by atoms with Gasteiger partial charge in [0.2, 0.25) is 10.0 Å². The van der Waals surface area contributed by atoms with Crippen LogP contribution >= 0.6 is 0 Å². The van der Waals surface area contributed by atoms with Crippen LogP contribution in [0.2, 0.25) is 0 Å². The van der Waals surface area contributed by atoms with E-state index in [1.807, 2.05) is 31.2 Å². The van der Waals surface area contributed by atoms with E-state index in [0.717, 1.165) is 42.8 Å². The normalized spacial score (nSPS) is 18.6. The summed E-state index contributed by atoms with van der Waals surface area (Å²) in [4.78, 5) is 4.86. The molecule has 1 N–H and O–H groups in total. The lowest BCUT2D eigenvalue weighted by Crippen LogP contribution is -2.38. The lowest BCUT2D eigenvalue weighted by molar-refractivity contribution is 0.256. The monoisotopic (exact) mass is 387 g/mol. The maximum absolute atomic E-state index is 13.3. The first-order valence-corrected chi connectivity index (χ1v) is 11.1. The number of hydrogen-bond donors (Lipinski definition) is 1. The van der Waals surface area contributed by atoms with Crippen LogP contribution in [0.4, 0.5) is 5.82 Å². The zero-order valence-corrected chi connectivity index (χ0v) is 17.2. The van der Waals surface area contributed by atoms with Gasteiger partial charge in [0.05, 0.1) is 10.9 Å². The molecule has 0 spiro atoms. The van der Waals surface area contributed by atoms with Crippen molar-refractivity contribution in [2.45, 2.75) is 51.0 Å². The Kier molecular flexibility index (Phi) is 6.17. The molecule has 5 nitrogen and oxygen atoms in total. The molecule has 1 unspecified atom stereocenters. The summed E-state index contributed by atoms with van der Waals surface area (Å²) in [5.74, 6) is 1.28. The fraction of sp³-hybridized carbons (Fsp3) is 0.476. The van der Waals surface area contributed by atoms with Gasteiger partial charge in [0, 0.05) is 24.8 Å². The number of sulfonamides is 1. The summed E-state index contributed by atoms with van der Waals surface area (Å²) in [6, 6.07) is 10.8. The van der Waals surface area contributed by atoms with Gasteiger partial charge in [-0.1, -0.05) is 44.0 Å². The van der Waals surface area contributed by atoms with Crippen LogP contribution in [0.15, 0.2) is 47.5 Å². The van der Waals surface area contributed by atoms with E-state index >= 15 is 0 Å². The van der Waals surface area contributed by atoms with E-state index in [4.69, 9.17) is 0 Å². The smallest absolute Gasteiger partial charge is 0.243 e. The molecule has 0 saturated carbocycles. The topological polar surface area (TPSA) is 62.3 Å². The molecule has 1 saturated heterocycles. The number of rotatable bonds is 6. The first kappa shape index (κ1) is 19.8. The van der Waals surface area contributed by atoms with Gasteiger partial charge in [0.1, 0.15) is 5.82 Å². The minimum atomic E-state index is -3.55. The third kappa shape index (κ3) is 4.50. The Hall–Kier alpha value is -1.92. The minimum Gasteiger partial charge on any atom is -0.370 e. The number of nitrogens with zero attached hydrogens (tertiary/aromatic N) is 2. The average Bonchev–Trinajstić information content (AvgIpc) is 2.67. The van der Waals surface area contributed by atoms with Gasteiger partial charge in [-0.2, -0.15) is 4.31 Å². The average molecular weight is 388 g/mol. The third-order valence-corrected chi connectivity index (χ3v) is 6.88. The number of benzene rings is 1. The Morgan fingerprint density at radius 1 is 1.19 bits per heavy atom. The van der Waals surface area contributed by atoms with Crippen molar-refractivity contribution in [2.75, 3.05) is 18.4 Å². The summed E-state index contributed by atoms with van der Waals surface area (Å²) >= 11 is 0. The van der Waals surface area contributed by atoms with Gasteiger partial charge in [-0.3, -0.25) is 0 Å². The van der Waals surface area contributed by atoms with Gasteiger partial charge in [0.15, 0.2) is 0 Å². The fourth-order valence-electron chi connectivity index (χ4n) is 3.48. The molecule has 1 aliphatic heterocycles. The maximum atomic E-state index is 13.3. The summed E-state index contributed by atoms with van der Waals surface area (Å²) in [5.41, 5.74) is 2.02. The van der Waals surface area contributed by atoms with E-state index < -0.39 is 10.0 Å². The molecule has 2 aromatic rings. The number of piperidine rings is 1. The number of nitrogens with one attached hydrogen (secondary N) is 1. The molecule has 1 fully saturated rings. The highest BCUT2D eigenvalue weighted by Gasteiger charge is 2.35. The van der Waals surface area contributed by atoms with E-state index in [9.17, 15) is 8.42 Å². The van der Waals surface area contributed by atoms with E-state index in [0.29, 0.717) is 17.4 Å². The number of aryl methyl sites for hydroxylation is 1. The Labute approximate surface area is 162 Å². The van der Waals surface area contributed by atoms with Crippen LogP contribution in [0.25, 0.3) is 0 Å². The Morgan fingerprint density at radius 3 is 2.63 bits per heavy atom. The fourth-order valence-corrected chi connectivity index (χ4v) is 5.16. The van der Waals surface area contributed by atoms with Crippen molar-refractivity contribution >= 4 is 15.8 Å². The molecule has 0 bridgehead atoms. The van der Waals surface area contributed by atoms with E-state index in [1.165, 1.54) is 0 Å². The highest BCUT2D eigenvalue weighted by atomic mass is 32.2. The highest BCUT2D eigenvalue weighted by molar-refractivity contribution is 7.89. The van der Waals surface area contributed by atoms with E-state index in [-0.39, 0.29) is 6.04 Å². The summed E-state index contributed by atoms with van der Waals surface area (Å²) in [6.07, 6.45) is 4.47. The van der Waals surface area contributed by atoms with Crippen LogP contribution in [0.3, 0.4) is 0 Å². The molecular weight excluding hydrogens is 358 g/mol. The minimum absolute atomic E-state index is 0.187. The van der Waals surface area contributed by atoms with Crippen LogP contribution in [0.5, 0.6) is 0 Å². The van der Waals surface area contributed by atoms with Crippen LogP contribution < -0.4 is 5.32 Å². The molecule has 3 rings (SSSR count). The molecule has 1 aromatic carbocycles. The second kappa shape index (κ2) is 8.40. The molecule has 6 heteroatoms. The van der Waals surface area contributed by atoms with Crippen molar-refractivity contribution in [3.05, 3.63) is 53.7 Å². The molecule has 146 valence electrons. The van der Waals surface area contributed by atoms with Crippen molar-refractivity contribution in [2.24, 2.45) is 5.92 Å². The third-order valence-electron chi connectivity index (χ3n) is 4.96. The van der Waals surface area contributed by atoms with Gasteiger partial charge >= 0.3 is 0 Å². The zero-order chi connectivity index (χ0) is 19.4. The van der Waals surface area contributed by atoms with Gasteiger partial charge in [-0.05, 0) is 43.9 Å². The quantitative estimate of drug-likeness (QED) is 0.799. The van der Waals surface area contributed by atoms with Crippen molar-refractivity contribution in [1.29, 1.82) is 0 Å². The van der Waals surface area contributed by atoms with Gasteiger partial charge in [0.25, 0.3) is 0 Å². The van der Waals surface area contributed by atoms with Crippen molar-refractivity contribution in [1.82, 2.24) is 9.29 Å². The molecule has 1 aliphatic rings. The molecule has 1 atom stereocenters. The lowest BCUT2D eigenvalue weighted by atomic mass is 9.98. The highest BCUT2D eigenvalue weighted by Crippen LogP contribution is 2.37. The number of hydrogen-bond acceptors (Lipinski definition) is 4. The molecule has 0 radical (unpaired) electrons. The first-order valence-electron chi connectivity index (χ1n) is 9.67. The standard InChI is InChI=1S/C21H29N3O2S/c1-16(2)15-23-21-19(7-6-13-22-21)20-8-4-5-14-24(20)27(25,26)18-11-9-17(3)10-12-18/h6-7,9-13,16,20H,4-5,8,14-15H2,1-3H3,(H,22,23). The van der Waals surface area contributed by atoms with Crippen LogP contribution in [0, 0.1) is 12.8 Å². The Morgan fingerprint density at radius 2 is 1.93 bits per heavy atom. The molecule has 2 heterocycles. The van der Waals surface area contributed by atoms with Gasteiger partial charge < -0.3 is 5.32 Å². The summed E-state index contributed by atoms with van der Waals surface area (Å²) in [6.45, 7) is 7.60. The summed E-state index contributed by atoms with van der Waals surface area (Å²) in [5, 5.41) is 3.40. The molecule has 1 aromatic heterocycles. The lowest BCUT2D eigenvalue weighted by Gasteiger charge is -2.35. The second-order valence-electron chi connectivity index (χ2n) is 7.66. The maximum Gasteiger partial charge on any atom is 0.243 e. The molecule has 0 amide bonds. The zero-order valence-electron chi connectivity index (χ0n) is 16.4. The summed E-state index contributed by atoms with van der Waals surface area (Å²) in [7, 11) is -3.55.